The molecular weight excluding hydrogens is 553 g/mol. The number of ether oxygens (including phenoxy) is 1. The summed E-state index contributed by atoms with van der Waals surface area (Å²) in [5.41, 5.74) is -0.495. The highest BCUT2D eigenvalue weighted by molar-refractivity contribution is 6.31. The molecule has 0 spiro atoms. The van der Waals surface area contributed by atoms with Crippen molar-refractivity contribution in [2.45, 2.75) is 58.9 Å². The van der Waals surface area contributed by atoms with Crippen LogP contribution in [0.2, 0.25) is 5.02 Å². The van der Waals surface area contributed by atoms with Gasteiger partial charge in [0.25, 0.3) is 11.5 Å². The molecule has 1 aromatic carbocycles. The van der Waals surface area contributed by atoms with Gasteiger partial charge in [-0.2, -0.15) is 18.3 Å². The molecule has 2 aromatic heterocycles. The molecule has 1 aliphatic heterocycles. The summed E-state index contributed by atoms with van der Waals surface area (Å²) in [6.45, 7) is 6.93. The number of nitrogens with one attached hydrogen (secondary N) is 1. The van der Waals surface area contributed by atoms with Crippen LogP contribution < -0.4 is 10.9 Å². The van der Waals surface area contributed by atoms with Gasteiger partial charge in [-0.1, -0.05) is 11.6 Å². The fourth-order valence-corrected chi connectivity index (χ4v) is 4.96. The van der Waals surface area contributed by atoms with E-state index in [1.54, 1.807) is 20.9 Å². The molecule has 1 aliphatic rings. The van der Waals surface area contributed by atoms with Gasteiger partial charge in [-0.3, -0.25) is 14.3 Å². The van der Waals surface area contributed by atoms with E-state index in [2.05, 4.69) is 15.4 Å². The largest absolute Gasteiger partial charge is 0.464 e. The molecule has 14 heteroatoms. The predicted octanol–water partition coefficient (Wildman–Crippen LogP) is 4.14. The number of alkyl halides is 3. The third kappa shape index (κ3) is 5.17. The van der Waals surface area contributed by atoms with Crippen molar-refractivity contribution in [1.82, 2.24) is 24.2 Å². The van der Waals surface area contributed by atoms with Gasteiger partial charge in [0.05, 0.1) is 29.9 Å². The van der Waals surface area contributed by atoms with Gasteiger partial charge in [0.1, 0.15) is 0 Å². The van der Waals surface area contributed by atoms with Crippen molar-refractivity contribution in [2.24, 2.45) is 7.05 Å². The maximum atomic E-state index is 13.9. The number of carbonyl (C=O) groups excluding carboxylic acids is 2. The Kier molecular flexibility index (Phi) is 7.72. The molecule has 0 aliphatic carbocycles. The minimum atomic E-state index is -4.73. The van der Waals surface area contributed by atoms with E-state index in [1.807, 2.05) is 13.8 Å². The number of anilines is 1. The summed E-state index contributed by atoms with van der Waals surface area (Å²) < 4.78 is 47.7. The van der Waals surface area contributed by atoms with Crippen molar-refractivity contribution < 1.29 is 27.5 Å². The fourth-order valence-electron chi connectivity index (χ4n) is 4.73. The first-order valence-corrected chi connectivity index (χ1v) is 12.7. The average molecular weight is 581 g/mol. The number of halogens is 4. The van der Waals surface area contributed by atoms with Crippen LogP contribution in [0, 0.1) is 6.92 Å². The van der Waals surface area contributed by atoms with Gasteiger partial charge >= 0.3 is 12.1 Å². The topological polar surface area (TPSA) is 111 Å². The van der Waals surface area contributed by atoms with E-state index in [0.29, 0.717) is 16.8 Å². The predicted molar refractivity (Wildman–Crippen MR) is 141 cm³/mol. The average Bonchev–Trinajstić information content (AvgIpc) is 3.16. The second-order valence-corrected chi connectivity index (χ2v) is 10.3. The van der Waals surface area contributed by atoms with E-state index < -0.39 is 40.2 Å². The zero-order valence-electron chi connectivity index (χ0n) is 22.7. The lowest BCUT2D eigenvalue weighted by Crippen LogP contribution is -2.46. The molecule has 0 radical (unpaired) electrons. The molecule has 10 nitrogen and oxygen atoms in total. The number of hydrogen-bond acceptors (Lipinski definition) is 7. The smallest absolute Gasteiger partial charge is 0.417 e. The van der Waals surface area contributed by atoms with Gasteiger partial charge in [-0.15, -0.1) is 0 Å². The first kappa shape index (κ1) is 29.1. The van der Waals surface area contributed by atoms with Gasteiger partial charge in [0.2, 0.25) is 5.95 Å². The number of amides is 1. The number of hydrogen-bond donors (Lipinski definition) is 1. The molecule has 214 valence electrons. The minimum Gasteiger partial charge on any atom is -0.464 e. The molecule has 4 rings (SSSR count). The van der Waals surface area contributed by atoms with Crippen molar-refractivity contribution >= 4 is 29.4 Å². The molecule has 3 heterocycles. The van der Waals surface area contributed by atoms with Crippen LogP contribution in [-0.4, -0.2) is 55.3 Å². The molecule has 1 amide bonds. The van der Waals surface area contributed by atoms with Crippen molar-refractivity contribution in [3.05, 3.63) is 67.2 Å². The van der Waals surface area contributed by atoms with Gasteiger partial charge in [-0.25, -0.2) is 14.3 Å². The van der Waals surface area contributed by atoms with Crippen molar-refractivity contribution in [3.8, 4) is 5.82 Å². The van der Waals surface area contributed by atoms with Crippen LogP contribution in [0.1, 0.15) is 64.0 Å². The fraction of sp³-hybridized carbons (Fsp3) is 0.423. The van der Waals surface area contributed by atoms with Gasteiger partial charge in [0.15, 0.2) is 11.5 Å². The monoisotopic (exact) mass is 580 g/mol. The maximum Gasteiger partial charge on any atom is 0.417 e. The van der Waals surface area contributed by atoms with Crippen LogP contribution in [0.15, 0.2) is 23.0 Å². The summed E-state index contributed by atoms with van der Waals surface area (Å²) >= 11 is 5.73. The van der Waals surface area contributed by atoms with Gasteiger partial charge < -0.3 is 15.0 Å². The lowest BCUT2D eigenvalue weighted by molar-refractivity contribution is -0.137. The highest BCUT2D eigenvalue weighted by atomic mass is 35.5. The molecule has 0 bridgehead atoms. The van der Waals surface area contributed by atoms with Gasteiger partial charge in [-0.05, 0) is 52.3 Å². The van der Waals surface area contributed by atoms with E-state index in [1.165, 1.54) is 27.3 Å². The van der Waals surface area contributed by atoms with E-state index in [-0.39, 0.29) is 42.0 Å². The molecule has 3 aromatic rings. The molecule has 0 saturated carbocycles. The maximum absolute atomic E-state index is 13.9. The molecule has 0 unspecified atom stereocenters. The van der Waals surface area contributed by atoms with Crippen LogP contribution in [0.5, 0.6) is 0 Å². The summed E-state index contributed by atoms with van der Waals surface area (Å²) in [7, 11) is 2.80. The Morgan fingerprint density at radius 1 is 1.25 bits per heavy atom. The molecule has 0 fully saturated rings. The van der Waals surface area contributed by atoms with Crippen LogP contribution >= 0.6 is 11.6 Å². The number of rotatable bonds is 5. The second kappa shape index (κ2) is 10.6. The Balaban J connectivity index is 1.81. The number of esters is 1. The quantitative estimate of drug-likeness (QED) is 0.452. The standard InChI is InChI=1S/C26H28ClF3N6O4/c1-12(2)31-25-32-19-11-35(22(37)15-7-8-18(27)17(10-15)26(28,29)30)13(3)9-16(19)23(38)36(25)21-14(4)20(24(39)40-6)34(5)33-21/h7-8,10,12-13H,9,11H2,1-6H3,(H,31,32)/t13-/m1/s1. The number of aromatic nitrogens is 4. The Bertz CT molecular complexity index is 1560. The minimum absolute atomic E-state index is 0.100. The van der Waals surface area contributed by atoms with E-state index in [4.69, 9.17) is 16.3 Å². The SMILES string of the molecule is COC(=O)c1c(C)c(-n2c(NC(C)C)nc3c(c2=O)C[C@@H](C)N(C(=O)c2ccc(Cl)c(C(F)(F)F)c2)C3)nn1C. The van der Waals surface area contributed by atoms with Crippen molar-refractivity contribution in [1.29, 1.82) is 0 Å². The van der Waals surface area contributed by atoms with Crippen molar-refractivity contribution in [3.63, 3.8) is 0 Å². The highest BCUT2D eigenvalue weighted by Gasteiger charge is 2.36. The Hall–Kier alpha value is -3.87. The molecular formula is C26H28ClF3N6O4. The van der Waals surface area contributed by atoms with Crippen molar-refractivity contribution in [2.75, 3.05) is 12.4 Å². The number of methoxy groups -OCH3 is 1. The van der Waals surface area contributed by atoms with Crippen LogP contribution in [0.4, 0.5) is 19.1 Å². The zero-order chi connectivity index (χ0) is 29.7. The number of aryl methyl sites for hydroxylation is 1. The van der Waals surface area contributed by atoms with E-state index >= 15 is 0 Å². The summed E-state index contributed by atoms with van der Waals surface area (Å²) in [4.78, 5) is 45.6. The first-order valence-electron chi connectivity index (χ1n) is 12.4. The second-order valence-electron chi connectivity index (χ2n) is 9.89. The summed E-state index contributed by atoms with van der Waals surface area (Å²) in [5.74, 6) is -0.926. The van der Waals surface area contributed by atoms with Gasteiger partial charge in [0, 0.05) is 35.8 Å². The summed E-state index contributed by atoms with van der Waals surface area (Å²) in [6, 6.07) is 2.32. The number of benzene rings is 1. The molecule has 1 atom stereocenters. The third-order valence-electron chi connectivity index (χ3n) is 6.66. The number of nitrogens with zero attached hydrogens (tertiary/aromatic N) is 5. The number of carbonyl (C=O) groups is 2. The molecule has 0 saturated heterocycles. The Morgan fingerprint density at radius 2 is 1.93 bits per heavy atom. The van der Waals surface area contributed by atoms with Crippen LogP contribution in [0.3, 0.4) is 0 Å². The molecule has 1 N–H and O–H groups in total. The number of fused-ring (bicyclic) bond motifs is 1. The third-order valence-corrected chi connectivity index (χ3v) is 6.99. The summed E-state index contributed by atoms with van der Waals surface area (Å²) in [6.07, 6.45) is -4.63. The Labute approximate surface area is 232 Å². The zero-order valence-corrected chi connectivity index (χ0v) is 23.4. The first-order chi connectivity index (χ1) is 18.6. The van der Waals surface area contributed by atoms with Crippen LogP contribution in [0.25, 0.3) is 5.82 Å². The summed E-state index contributed by atoms with van der Waals surface area (Å²) in [5, 5.41) is 7.01. The normalized spacial score (nSPS) is 15.3. The highest BCUT2D eigenvalue weighted by Crippen LogP contribution is 2.36. The Morgan fingerprint density at radius 3 is 2.52 bits per heavy atom. The molecule has 40 heavy (non-hydrogen) atoms. The lowest BCUT2D eigenvalue weighted by Gasteiger charge is -2.34. The van der Waals surface area contributed by atoms with E-state index in [9.17, 15) is 27.6 Å². The lowest BCUT2D eigenvalue weighted by atomic mass is 9.98. The van der Waals surface area contributed by atoms with Crippen LogP contribution in [-0.2, 0) is 30.9 Å². The van der Waals surface area contributed by atoms with E-state index in [0.717, 1.165) is 12.1 Å².